The molecule has 0 atom stereocenters. The summed E-state index contributed by atoms with van der Waals surface area (Å²) in [4.78, 5) is 1.35. The first-order valence-corrected chi connectivity index (χ1v) is 8.19. The minimum absolute atomic E-state index is 0.165. The second kappa shape index (κ2) is 6.12. The van der Waals surface area contributed by atoms with Crippen molar-refractivity contribution in [2.75, 3.05) is 0 Å². The van der Waals surface area contributed by atoms with Crippen molar-refractivity contribution in [1.29, 1.82) is 0 Å². The third-order valence-electron chi connectivity index (χ3n) is 2.77. The van der Waals surface area contributed by atoms with Gasteiger partial charge in [-0.15, -0.1) is 11.3 Å². The summed E-state index contributed by atoms with van der Waals surface area (Å²) < 4.78 is 1.35. The number of aryl methyl sites for hydroxylation is 1. The smallest absolute Gasteiger partial charge is 0.0646 e. The summed E-state index contributed by atoms with van der Waals surface area (Å²) in [5, 5.41) is 5.65. The van der Waals surface area contributed by atoms with Gasteiger partial charge in [0.1, 0.15) is 0 Å². The molecule has 0 spiro atoms. The maximum absolute atomic E-state index is 3.53. The molecule has 1 heterocycles. The molecule has 3 heteroatoms. The molecule has 0 bridgehead atoms. The van der Waals surface area contributed by atoms with Crippen molar-refractivity contribution in [1.82, 2.24) is 5.32 Å². The highest BCUT2D eigenvalue weighted by molar-refractivity contribution is 8.01. The highest BCUT2D eigenvalue weighted by atomic mass is 32.2. The Hall–Kier alpha value is -0.770. The molecule has 0 unspecified atom stereocenters. The van der Waals surface area contributed by atoms with Crippen molar-refractivity contribution in [2.45, 2.75) is 48.9 Å². The molecule has 2 rings (SSSR count). The van der Waals surface area contributed by atoms with Gasteiger partial charge in [-0.2, -0.15) is 0 Å². The van der Waals surface area contributed by atoms with Crippen LogP contribution < -0.4 is 5.32 Å². The molecule has 0 saturated heterocycles. The fourth-order valence-electron chi connectivity index (χ4n) is 1.73. The van der Waals surface area contributed by atoms with Crippen LogP contribution >= 0.6 is 23.1 Å². The normalized spacial score (nSPS) is 11.8. The fourth-order valence-corrected chi connectivity index (χ4v) is 3.53. The number of thiophene rings is 1. The zero-order chi connectivity index (χ0) is 13.9. The van der Waals surface area contributed by atoms with Crippen molar-refractivity contribution < 1.29 is 0 Å². The standard InChI is InChI=1S/C16H21NS2/c1-12-10-13(11-17-16(2,3)4)7-8-14(12)19-15-6-5-9-18-15/h5-10,17H,11H2,1-4H3. The van der Waals surface area contributed by atoms with E-state index < -0.39 is 0 Å². The number of rotatable bonds is 4. The number of hydrogen-bond acceptors (Lipinski definition) is 3. The summed E-state index contributed by atoms with van der Waals surface area (Å²) in [5.74, 6) is 0. The van der Waals surface area contributed by atoms with Crippen molar-refractivity contribution in [3.63, 3.8) is 0 Å². The van der Waals surface area contributed by atoms with Crippen LogP contribution in [-0.2, 0) is 6.54 Å². The minimum Gasteiger partial charge on any atom is -0.308 e. The summed E-state index contributed by atoms with van der Waals surface area (Å²) in [6.07, 6.45) is 0. The Morgan fingerprint density at radius 2 is 2.00 bits per heavy atom. The Morgan fingerprint density at radius 3 is 2.58 bits per heavy atom. The Kier molecular flexibility index (Phi) is 4.71. The predicted molar refractivity (Wildman–Crippen MR) is 86.2 cm³/mol. The average molecular weight is 291 g/mol. The van der Waals surface area contributed by atoms with Crippen LogP contribution in [0.5, 0.6) is 0 Å². The number of benzene rings is 1. The van der Waals surface area contributed by atoms with E-state index in [1.54, 1.807) is 11.3 Å². The highest BCUT2D eigenvalue weighted by Crippen LogP contribution is 2.33. The van der Waals surface area contributed by atoms with Gasteiger partial charge in [0.05, 0.1) is 4.21 Å². The molecule has 0 aliphatic carbocycles. The second-order valence-electron chi connectivity index (χ2n) is 5.74. The Bertz CT molecular complexity index is 524. The third kappa shape index (κ3) is 4.68. The SMILES string of the molecule is Cc1cc(CNC(C)(C)C)ccc1Sc1cccs1. The van der Waals surface area contributed by atoms with Crippen LogP contribution in [0.3, 0.4) is 0 Å². The fraction of sp³-hybridized carbons (Fsp3) is 0.375. The van der Waals surface area contributed by atoms with E-state index in [4.69, 9.17) is 0 Å². The maximum Gasteiger partial charge on any atom is 0.0646 e. The van der Waals surface area contributed by atoms with E-state index in [1.165, 1.54) is 20.2 Å². The lowest BCUT2D eigenvalue weighted by Gasteiger charge is -2.20. The molecule has 0 radical (unpaired) electrons. The van der Waals surface area contributed by atoms with Gasteiger partial charge in [0, 0.05) is 17.0 Å². The molecule has 0 saturated carbocycles. The van der Waals surface area contributed by atoms with Gasteiger partial charge in [0.2, 0.25) is 0 Å². The lowest BCUT2D eigenvalue weighted by atomic mass is 10.1. The van der Waals surface area contributed by atoms with Gasteiger partial charge in [-0.05, 0) is 56.3 Å². The Labute approximate surface area is 124 Å². The molecule has 0 amide bonds. The summed E-state index contributed by atoms with van der Waals surface area (Å²) >= 11 is 3.65. The van der Waals surface area contributed by atoms with Crippen LogP contribution in [0, 0.1) is 6.92 Å². The van der Waals surface area contributed by atoms with Crippen LogP contribution in [-0.4, -0.2) is 5.54 Å². The van der Waals surface area contributed by atoms with E-state index >= 15 is 0 Å². The number of nitrogens with one attached hydrogen (secondary N) is 1. The van der Waals surface area contributed by atoms with E-state index in [2.05, 4.69) is 68.7 Å². The topological polar surface area (TPSA) is 12.0 Å². The first-order valence-electron chi connectivity index (χ1n) is 6.50. The monoisotopic (exact) mass is 291 g/mol. The van der Waals surface area contributed by atoms with E-state index in [9.17, 15) is 0 Å². The lowest BCUT2D eigenvalue weighted by Crippen LogP contribution is -2.35. The molecule has 102 valence electrons. The zero-order valence-corrected chi connectivity index (χ0v) is 13.6. The zero-order valence-electron chi connectivity index (χ0n) is 12.0. The van der Waals surface area contributed by atoms with Gasteiger partial charge in [-0.25, -0.2) is 0 Å². The van der Waals surface area contributed by atoms with Crippen LogP contribution in [0.2, 0.25) is 0 Å². The number of hydrogen-bond donors (Lipinski definition) is 1. The quantitative estimate of drug-likeness (QED) is 0.841. The minimum atomic E-state index is 0.165. The van der Waals surface area contributed by atoms with Crippen LogP contribution in [0.1, 0.15) is 31.9 Å². The first-order chi connectivity index (χ1) is 8.94. The van der Waals surface area contributed by atoms with Crippen molar-refractivity contribution in [3.05, 3.63) is 46.8 Å². The highest BCUT2D eigenvalue weighted by Gasteiger charge is 2.09. The van der Waals surface area contributed by atoms with Crippen LogP contribution in [0.15, 0.2) is 44.8 Å². The lowest BCUT2D eigenvalue weighted by molar-refractivity contribution is 0.424. The van der Waals surface area contributed by atoms with Crippen molar-refractivity contribution in [3.8, 4) is 0 Å². The van der Waals surface area contributed by atoms with E-state index in [0.717, 1.165) is 6.54 Å². The van der Waals surface area contributed by atoms with Gasteiger partial charge in [0.25, 0.3) is 0 Å². The molecule has 0 aliphatic heterocycles. The molecule has 1 aromatic carbocycles. The average Bonchev–Trinajstić information content (AvgIpc) is 2.81. The van der Waals surface area contributed by atoms with Gasteiger partial charge < -0.3 is 5.32 Å². The van der Waals surface area contributed by atoms with E-state index in [0.29, 0.717) is 0 Å². The molecule has 0 fully saturated rings. The van der Waals surface area contributed by atoms with Crippen molar-refractivity contribution in [2.24, 2.45) is 0 Å². The van der Waals surface area contributed by atoms with Gasteiger partial charge >= 0.3 is 0 Å². The van der Waals surface area contributed by atoms with Crippen LogP contribution in [0.4, 0.5) is 0 Å². The van der Waals surface area contributed by atoms with Gasteiger partial charge in [0.15, 0.2) is 0 Å². The summed E-state index contributed by atoms with van der Waals surface area (Å²) in [7, 11) is 0. The first kappa shape index (κ1) is 14.6. The van der Waals surface area contributed by atoms with E-state index in [-0.39, 0.29) is 5.54 Å². The second-order valence-corrected chi connectivity index (χ2v) is 8.03. The maximum atomic E-state index is 3.53. The van der Waals surface area contributed by atoms with Gasteiger partial charge in [-0.1, -0.05) is 30.0 Å². The van der Waals surface area contributed by atoms with Crippen molar-refractivity contribution >= 4 is 23.1 Å². The Balaban J connectivity index is 2.05. The largest absolute Gasteiger partial charge is 0.308 e. The summed E-state index contributed by atoms with van der Waals surface area (Å²) in [5.41, 5.74) is 2.87. The summed E-state index contributed by atoms with van der Waals surface area (Å²) in [6.45, 7) is 9.70. The molecule has 1 nitrogen and oxygen atoms in total. The molecular formula is C16H21NS2. The van der Waals surface area contributed by atoms with Gasteiger partial charge in [-0.3, -0.25) is 0 Å². The third-order valence-corrected chi connectivity index (χ3v) is 4.98. The molecule has 1 N–H and O–H groups in total. The molecular weight excluding hydrogens is 270 g/mol. The molecule has 19 heavy (non-hydrogen) atoms. The predicted octanol–water partition coefficient (Wildman–Crippen LogP) is 5.10. The van der Waals surface area contributed by atoms with E-state index in [1.807, 2.05) is 11.8 Å². The Morgan fingerprint density at radius 1 is 1.21 bits per heavy atom. The molecule has 1 aromatic heterocycles. The summed E-state index contributed by atoms with van der Waals surface area (Å²) in [6, 6.07) is 11.0. The molecule has 2 aromatic rings. The van der Waals surface area contributed by atoms with Crippen LogP contribution in [0.25, 0.3) is 0 Å². The molecule has 0 aliphatic rings.